The molecule has 0 heterocycles. The summed E-state index contributed by atoms with van der Waals surface area (Å²) in [6, 6.07) is 5.45. The summed E-state index contributed by atoms with van der Waals surface area (Å²) in [7, 11) is 0. The molecular weight excluding hydrogens is 210 g/mol. The minimum atomic E-state index is -2.74. The summed E-state index contributed by atoms with van der Waals surface area (Å²) in [5, 5.41) is 0. The van der Waals surface area contributed by atoms with Gasteiger partial charge in [0, 0.05) is 0 Å². The van der Waals surface area contributed by atoms with Crippen LogP contribution >= 0.6 is 0 Å². The number of halogens is 2. The second-order valence-electron chi connectivity index (χ2n) is 3.68. The van der Waals surface area contributed by atoms with E-state index in [1.165, 1.54) is 18.4 Å². The van der Waals surface area contributed by atoms with Gasteiger partial charge in [0.25, 0.3) is 0 Å². The minimum absolute atomic E-state index is 0.282. The molecule has 3 heteroatoms. The maximum absolute atomic E-state index is 11.9. The SMILES string of the molecule is CC.Cc1cc(C2CC2)ccc1OC(F)F. The van der Waals surface area contributed by atoms with Crippen LogP contribution in [0.25, 0.3) is 0 Å². The molecular formula is C13H18F2O. The van der Waals surface area contributed by atoms with Crippen molar-refractivity contribution in [2.45, 2.75) is 46.1 Å². The summed E-state index contributed by atoms with van der Waals surface area (Å²) < 4.78 is 28.3. The van der Waals surface area contributed by atoms with Crippen molar-refractivity contribution >= 4 is 0 Å². The lowest BCUT2D eigenvalue weighted by Crippen LogP contribution is -2.03. The van der Waals surface area contributed by atoms with E-state index in [1.807, 2.05) is 26.0 Å². The van der Waals surface area contributed by atoms with E-state index in [-0.39, 0.29) is 5.75 Å². The molecule has 0 saturated heterocycles. The molecule has 1 aromatic carbocycles. The highest BCUT2D eigenvalue weighted by Gasteiger charge is 2.23. The van der Waals surface area contributed by atoms with Gasteiger partial charge in [-0.05, 0) is 42.9 Å². The van der Waals surface area contributed by atoms with Gasteiger partial charge in [-0.1, -0.05) is 26.0 Å². The molecule has 0 amide bonds. The molecule has 2 rings (SSSR count). The predicted octanol–water partition coefficient (Wildman–Crippen LogP) is 4.50. The number of alkyl halides is 2. The number of benzene rings is 1. The van der Waals surface area contributed by atoms with E-state index < -0.39 is 6.61 Å². The van der Waals surface area contributed by atoms with Crippen molar-refractivity contribution in [3.8, 4) is 5.75 Å². The fourth-order valence-electron chi connectivity index (χ4n) is 1.57. The maximum Gasteiger partial charge on any atom is 0.387 e. The monoisotopic (exact) mass is 228 g/mol. The van der Waals surface area contributed by atoms with Crippen LogP contribution in [0.15, 0.2) is 18.2 Å². The normalized spacial score (nSPS) is 14.4. The Hall–Kier alpha value is -1.12. The van der Waals surface area contributed by atoms with Gasteiger partial charge in [0.2, 0.25) is 0 Å². The van der Waals surface area contributed by atoms with Crippen LogP contribution in [0.1, 0.15) is 43.7 Å². The van der Waals surface area contributed by atoms with Crippen LogP contribution in [-0.4, -0.2) is 6.61 Å². The van der Waals surface area contributed by atoms with Gasteiger partial charge >= 0.3 is 6.61 Å². The summed E-state index contributed by atoms with van der Waals surface area (Å²) in [5.74, 6) is 0.929. The Bertz CT molecular complexity index is 333. The van der Waals surface area contributed by atoms with Crippen LogP contribution in [-0.2, 0) is 0 Å². The van der Waals surface area contributed by atoms with Crippen molar-refractivity contribution in [1.29, 1.82) is 0 Å². The largest absolute Gasteiger partial charge is 0.435 e. The van der Waals surface area contributed by atoms with E-state index in [9.17, 15) is 8.78 Å². The van der Waals surface area contributed by atoms with E-state index in [1.54, 1.807) is 13.0 Å². The third-order valence-corrected chi connectivity index (χ3v) is 2.46. The first kappa shape index (κ1) is 12.9. The second kappa shape index (κ2) is 5.83. The lowest BCUT2D eigenvalue weighted by atomic mass is 10.1. The summed E-state index contributed by atoms with van der Waals surface area (Å²) in [5.41, 5.74) is 2.03. The Morgan fingerprint density at radius 3 is 2.31 bits per heavy atom. The summed E-state index contributed by atoms with van der Waals surface area (Å²) >= 11 is 0. The number of hydrogen-bond acceptors (Lipinski definition) is 1. The molecule has 0 aliphatic heterocycles. The van der Waals surface area contributed by atoms with Gasteiger partial charge in [-0.2, -0.15) is 8.78 Å². The van der Waals surface area contributed by atoms with Crippen molar-refractivity contribution in [2.75, 3.05) is 0 Å². The van der Waals surface area contributed by atoms with Crippen LogP contribution in [0.4, 0.5) is 8.78 Å². The molecule has 1 saturated carbocycles. The molecule has 0 atom stereocenters. The molecule has 0 aromatic heterocycles. The molecule has 1 aromatic rings. The van der Waals surface area contributed by atoms with E-state index >= 15 is 0 Å². The van der Waals surface area contributed by atoms with Gasteiger partial charge in [-0.3, -0.25) is 0 Å². The van der Waals surface area contributed by atoms with Crippen LogP contribution < -0.4 is 4.74 Å². The first-order chi connectivity index (χ1) is 7.66. The molecule has 1 aliphatic carbocycles. The molecule has 0 bridgehead atoms. The Morgan fingerprint density at radius 2 is 1.88 bits per heavy atom. The van der Waals surface area contributed by atoms with Crippen molar-refractivity contribution < 1.29 is 13.5 Å². The molecule has 0 N–H and O–H groups in total. The molecule has 1 aliphatic rings. The summed E-state index contributed by atoms with van der Waals surface area (Å²) in [6.45, 7) is 3.06. The minimum Gasteiger partial charge on any atom is -0.435 e. The van der Waals surface area contributed by atoms with Crippen molar-refractivity contribution in [1.82, 2.24) is 0 Å². The molecule has 1 fully saturated rings. The van der Waals surface area contributed by atoms with Crippen molar-refractivity contribution in [3.63, 3.8) is 0 Å². The number of hydrogen-bond donors (Lipinski definition) is 0. The fourth-order valence-corrected chi connectivity index (χ4v) is 1.57. The van der Waals surface area contributed by atoms with Crippen LogP contribution in [0.2, 0.25) is 0 Å². The van der Waals surface area contributed by atoms with Crippen LogP contribution in [0, 0.1) is 6.92 Å². The van der Waals surface area contributed by atoms with E-state index in [2.05, 4.69) is 4.74 Å². The Morgan fingerprint density at radius 1 is 1.25 bits per heavy atom. The lowest BCUT2D eigenvalue weighted by molar-refractivity contribution is -0.0503. The highest BCUT2D eigenvalue weighted by atomic mass is 19.3. The average molecular weight is 228 g/mol. The highest BCUT2D eigenvalue weighted by molar-refractivity contribution is 5.38. The van der Waals surface area contributed by atoms with E-state index in [0.717, 1.165) is 5.56 Å². The molecule has 0 spiro atoms. The average Bonchev–Trinajstić information content (AvgIpc) is 3.07. The quantitative estimate of drug-likeness (QED) is 0.740. The van der Waals surface area contributed by atoms with Crippen molar-refractivity contribution in [2.24, 2.45) is 0 Å². The smallest absolute Gasteiger partial charge is 0.387 e. The zero-order valence-electron chi connectivity index (χ0n) is 9.97. The van der Waals surface area contributed by atoms with Gasteiger partial charge in [0.1, 0.15) is 5.75 Å². The standard InChI is InChI=1S/C11H12F2O.C2H6/c1-7-6-9(8-2-3-8)4-5-10(7)14-11(12)13;1-2/h4-6,8,11H,2-3H2,1H3;1-2H3. The zero-order valence-corrected chi connectivity index (χ0v) is 9.97. The molecule has 90 valence electrons. The molecule has 0 unspecified atom stereocenters. The maximum atomic E-state index is 11.9. The molecule has 1 nitrogen and oxygen atoms in total. The first-order valence-electron chi connectivity index (χ1n) is 5.72. The highest BCUT2D eigenvalue weighted by Crippen LogP contribution is 2.41. The van der Waals surface area contributed by atoms with Crippen LogP contribution in [0.5, 0.6) is 5.75 Å². The Balaban J connectivity index is 0.000000606. The number of ether oxygens (including phenoxy) is 1. The van der Waals surface area contributed by atoms with Crippen LogP contribution in [0.3, 0.4) is 0 Å². The van der Waals surface area contributed by atoms with E-state index in [4.69, 9.17) is 0 Å². The second-order valence-corrected chi connectivity index (χ2v) is 3.68. The predicted molar refractivity (Wildman–Crippen MR) is 61.1 cm³/mol. The van der Waals surface area contributed by atoms with Gasteiger partial charge in [0.15, 0.2) is 0 Å². The van der Waals surface area contributed by atoms with Crippen molar-refractivity contribution in [3.05, 3.63) is 29.3 Å². The number of rotatable bonds is 3. The van der Waals surface area contributed by atoms with Gasteiger partial charge in [-0.15, -0.1) is 0 Å². The summed E-state index contributed by atoms with van der Waals surface area (Å²) in [6.07, 6.45) is 2.43. The molecule has 16 heavy (non-hydrogen) atoms. The lowest BCUT2D eigenvalue weighted by Gasteiger charge is -2.08. The van der Waals surface area contributed by atoms with E-state index in [0.29, 0.717) is 5.92 Å². The Labute approximate surface area is 95.4 Å². The fraction of sp³-hybridized carbons (Fsp3) is 0.538. The first-order valence-corrected chi connectivity index (χ1v) is 5.72. The van der Waals surface area contributed by atoms with Gasteiger partial charge < -0.3 is 4.74 Å². The summed E-state index contributed by atoms with van der Waals surface area (Å²) in [4.78, 5) is 0. The zero-order chi connectivity index (χ0) is 12.1. The molecule has 0 radical (unpaired) electrons. The third-order valence-electron chi connectivity index (χ3n) is 2.46. The number of aryl methyl sites for hydroxylation is 1. The third kappa shape index (κ3) is 3.47. The van der Waals surface area contributed by atoms with Gasteiger partial charge in [-0.25, -0.2) is 0 Å². The Kier molecular flexibility index (Phi) is 4.71. The van der Waals surface area contributed by atoms with Gasteiger partial charge in [0.05, 0.1) is 0 Å². The topological polar surface area (TPSA) is 9.23 Å².